The monoisotopic (exact) mass is 437 g/mol. The number of benzene rings is 2. The summed E-state index contributed by atoms with van der Waals surface area (Å²) in [6, 6.07) is 4.79. The number of halogens is 3. The zero-order valence-electron chi connectivity index (χ0n) is 16.3. The molecule has 0 radical (unpaired) electrons. The number of nitrogens with one attached hydrogen (secondary N) is 2. The number of ether oxygens (including phenoxy) is 1. The maximum atomic E-state index is 14.2. The van der Waals surface area contributed by atoms with Crippen molar-refractivity contribution in [3.63, 3.8) is 0 Å². The Hall–Kier alpha value is -3.20. The molecule has 4 amide bonds. The lowest BCUT2D eigenvalue weighted by atomic mass is 9.91. The Bertz CT molecular complexity index is 1060. The number of methoxy groups -OCH3 is 1. The van der Waals surface area contributed by atoms with Crippen LogP contribution in [0, 0.1) is 18.6 Å². The number of imide groups is 1. The Kier molecular flexibility index (Phi) is 5.67. The first-order valence-electron chi connectivity index (χ1n) is 8.80. The second-order valence-electron chi connectivity index (χ2n) is 6.92. The molecule has 0 aliphatic carbocycles. The van der Waals surface area contributed by atoms with Crippen molar-refractivity contribution in [2.24, 2.45) is 0 Å². The van der Waals surface area contributed by atoms with E-state index in [2.05, 4.69) is 10.6 Å². The Morgan fingerprint density at radius 3 is 2.63 bits per heavy atom. The van der Waals surface area contributed by atoms with E-state index in [0.29, 0.717) is 26.9 Å². The summed E-state index contributed by atoms with van der Waals surface area (Å²) < 4.78 is 33.0. The molecule has 30 heavy (non-hydrogen) atoms. The van der Waals surface area contributed by atoms with E-state index >= 15 is 0 Å². The Morgan fingerprint density at radius 1 is 1.27 bits per heavy atom. The molecule has 1 heterocycles. The van der Waals surface area contributed by atoms with Gasteiger partial charge in [-0.2, -0.15) is 0 Å². The van der Waals surface area contributed by atoms with Gasteiger partial charge in [-0.25, -0.2) is 13.6 Å². The summed E-state index contributed by atoms with van der Waals surface area (Å²) in [4.78, 5) is 38.3. The number of hydrogen-bond donors (Lipinski definition) is 2. The highest BCUT2D eigenvalue weighted by Gasteiger charge is 2.50. The van der Waals surface area contributed by atoms with Gasteiger partial charge in [-0.05, 0) is 43.7 Å². The van der Waals surface area contributed by atoms with Crippen molar-refractivity contribution in [3.8, 4) is 5.75 Å². The highest BCUT2D eigenvalue weighted by Crippen LogP contribution is 2.32. The van der Waals surface area contributed by atoms with E-state index in [4.69, 9.17) is 16.3 Å². The van der Waals surface area contributed by atoms with Crippen LogP contribution in [-0.2, 0) is 15.1 Å². The minimum Gasteiger partial charge on any atom is -0.495 e. The molecule has 2 N–H and O–H groups in total. The number of rotatable bonds is 5. The molecule has 0 bridgehead atoms. The van der Waals surface area contributed by atoms with E-state index in [9.17, 15) is 23.2 Å². The second-order valence-corrected chi connectivity index (χ2v) is 7.33. The standard InChI is InChI=1S/C20H18ClF2N3O4/c1-10-6-15(16(30-3)8-13(10)21)24-17(27)9-26-18(28)20(2,25-19(26)29)12-7-11(22)4-5-14(12)23/h4-8H,9H2,1-3H3,(H,24,27)(H,25,29)/t20-/m0/s1. The van der Waals surface area contributed by atoms with E-state index in [-0.39, 0.29) is 5.56 Å². The molecule has 0 aromatic heterocycles. The summed E-state index contributed by atoms with van der Waals surface area (Å²) in [6.45, 7) is 2.34. The van der Waals surface area contributed by atoms with Gasteiger partial charge in [0.05, 0.1) is 12.8 Å². The van der Waals surface area contributed by atoms with Crippen molar-refractivity contribution in [2.45, 2.75) is 19.4 Å². The van der Waals surface area contributed by atoms with Gasteiger partial charge in [0.25, 0.3) is 5.91 Å². The van der Waals surface area contributed by atoms with E-state index < -0.39 is 41.6 Å². The molecule has 158 valence electrons. The zero-order valence-corrected chi connectivity index (χ0v) is 17.1. The predicted octanol–water partition coefficient (Wildman–Crippen LogP) is 3.34. The molecule has 3 rings (SSSR count). The van der Waals surface area contributed by atoms with Crippen LogP contribution in [0.5, 0.6) is 5.75 Å². The Labute approximate surface area is 175 Å². The molecule has 1 aliphatic heterocycles. The van der Waals surface area contributed by atoms with Gasteiger partial charge in [0, 0.05) is 16.7 Å². The van der Waals surface area contributed by atoms with Gasteiger partial charge >= 0.3 is 6.03 Å². The molecule has 7 nitrogen and oxygen atoms in total. The first kappa shape index (κ1) is 21.5. The maximum Gasteiger partial charge on any atom is 0.325 e. The van der Waals surface area contributed by atoms with Gasteiger partial charge in [0.15, 0.2) is 0 Å². The first-order valence-corrected chi connectivity index (χ1v) is 9.18. The lowest BCUT2D eigenvalue weighted by Gasteiger charge is -2.22. The Morgan fingerprint density at radius 2 is 1.97 bits per heavy atom. The zero-order chi connectivity index (χ0) is 22.2. The number of urea groups is 1. The molecule has 0 saturated carbocycles. The summed E-state index contributed by atoms with van der Waals surface area (Å²) in [5.41, 5.74) is -1.20. The van der Waals surface area contributed by atoms with Crippen molar-refractivity contribution < 1.29 is 27.9 Å². The molecule has 2 aromatic carbocycles. The molecule has 2 aromatic rings. The van der Waals surface area contributed by atoms with Crippen LogP contribution in [0.25, 0.3) is 0 Å². The predicted molar refractivity (Wildman–Crippen MR) is 105 cm³/mol. The topological polar surface area (TPSA) is 87.7 Å². The number of nitrogens with zero attached hydrogens (tertiary/aromatic N) is 1. The average molecular weight is 438 g/mol. The van der Waals surface area contributed by atoms with E-state index in [0.717, 1.165) is 18.2 Å². The van der Waals surface area contributed by atoms with Crippen molar-refractivity contribution in [2.75, 3.05) is 19.0 Å². The molecule has 1 aliphatic rings. The lowest BCUT2D eigenvalue weighted by Crippen LogP contribution is -2.42. The van der Waals surface area contributed by atoms with Gasteiger partial charge in [-0.1, -0.05) is 11.6 Å². The fourth-order valence-electron chi connectivity index (χ4n) is 3.17. The van der Waals surface area contributed by atoms with Crippen molar-refractivity contribution >= 4 is 35.1 Å². The summed E-state index contributed by atoms with van der Waals surface area (Å²) >= 11 is 6.03. The van der Waals surface area contributed by atoms with Gasteiger partial charge in [-0.15, -0.1) is 0 Å². The average Bonchev–Trinajstić information content (AvgIpc) is 2.90. The SMILES string of the molecule is COc1cc(Cl)c(C)cc1NC(=O)CN1C(=O)N[C@@](C)(c2cc(F)ccc2F)C1=O. The summed E-state index contributed by atoms with van der Waals surface area (Å²) in [5.74, 6) is -2.91. The molecule has 1 atom stereocenters. The number of anilines is 1. The maximum absolute atomic E-state index is 14.2. The third-order valence-corrected chi connectivity index (χ3v) is 5.21. The third kappa shape index (κ3) is 3.80. The quantitative estimate of drug-likeness (QED) is 0.702. The van der Waals surface area contributed by atoms with E-state index in [1.807, 2.05) is 0 Å². The minimum absolute atomic E-state index is 0.294. The van der Waals surface area contributed by atoms with E-state index in [1.165, 1.54) is 20.1 Å². The van der Waals surface area contributed by atoms with Gasteiger partial charge < -0.3 is 15.4 Å². The third-order valence-electron chi connectivity index (χ3n) is 4.80. The molecular weight excluding hydrogens is 420 g/mol. The van der Waals surface area contributed by atoms with Crippen LogP contribution >= 0.6 is 11.6 Å². The summed E-state index contributed by atoms with van der Waals surface area (Å²) in [6.07, 6.45) is 0. The van der Waals surface area contributed by atoms with Gasteiger partial charge in [0.1, 0.15) is 29.5 Å². The van der Waals surface area contributed by atoms with E-state index in [1.54, 1.807) is 13.0 Å². The van der Waals surface area contributed by atoms with Crippen LogP contribution < -0.4 is 15.4 Å². The largest absolute Gasteiger partial charge is 0.495 e. The van der Waals surface area contributed by atoms with Crippen LogP contribution in [0.1, 0.15) is 18.1 Å². The van der Waals surface area contributed by atoms with Crippen LogP contribution in [0.2, 0.25) is 5.02 Å². The lowest BCUT2D eigenvalue weighted by molar-refractivity contribution is -0.133. The molecular formula is C20H18ClF2N3O4. The highest BCUT2D eigenvalue weighted by molar-refractivity contribution is 6.31. The van der Waals surface area contributed by atoms with Crippen LogP contribution in [0.15, 0.2) is 30.3 Å². The molecule has 0 unspecified atom stereocenters. The molecule has 1 saturated heterocycles. The number of amides is 4. The fourth-order valence-corrected chi connectivity index (χ4v) is 3.32. The van der Waals surface area contributed by atoms with Crippen LogP contribution in [-0.4, -0.2) is 36.4 Å². The first-order chi connectivity index (χ1) is 14.1. The second kappa shape index (κ2) is 7.91. The molecule has 1 fully saturated rings. The minimum atomic E-state index is -1.85. The summed E-state index contributed by atoms with van der Waals surface area (Å²) in [5, 5.41) is 5.32. The fraction of sp³-hybridized carbons (Fsp3) is 0.250. The molecule has 0 spiro atoms. The smallest absolute Gasteiger partial charge is 0.325 e. The van der Waals surface area contributed by atoms with Crippen LogP contribution in [0.3, 0.4) is 0 Å². The van der Waals surface area contributed by atoms with Gasteiger partial charge in [0.2, 0.25) is 5.91 Å². The number of carbonyl (C=O) groups is 3. The highest BCUT2D eigenvalue weighted by atomic mass is 35.5. The van der Waals surface area contributed by atoms with Gasteiger partial charge in [-0.3, -0.25) is 14.5 Å². The molecule has 10 heteroatoms. The normalized spacial score (nSPS) is 18.4. The van der Waals surface area contributed by atoms with Crippen LogP contribution in [0.4, 0.5) is 19.3 Å². The number of hydrogen-bond acceptors (Lipinski definition) is 4. The van der Waals surface area contributed by atoms with Crippen molar-refractivity contribution in [1.29, 1.82) is 0 Å². The van der Waals surface area contributed by atoms with Crippen molar-refractivity contribution in [1.82, 2.24) is 10.2 Å². The van der Waals surface area contributed by atoms with Crippen molar-refractivity contribution in [3.05, 3.63) is 58.1 Å². The summed E-state index contributed by atoms with van der Waals surface area (Å²) in [7, 11) is 1.40. The number of aryl methyl sites for hydroxylation is 1. The number of carbonyl (C=O) groups excluding carboxylic acids is 3. The Balaban J connectivity index is 1.82.